The number of unbranched alkanes of at least 4 members (excludes halogenated alkanes) is 2. The highest BCUT2D eigenvalue weighted by Crippen LogP contribution is 2.31. The van der Waals surface area contributed by atoms with Crippen LogP contribution in [0.1, 0.15) is 38.7 Å². The molecule has 0 fully saturated rings. The van der Waals surface area contributed by atoms with Gasteiger partial charge in [-0.05, 0) is 57.6 Å². The van der Waals surface area contributed by atoms with E-state index < -0.39 is 0 Å². The molecular formula is C19H21BrO2. The van der Waals surface area contributed by atoms with Crippen LogP contribution in [0.15, 0.2) is 46.9 Å². The minimum Gasteiger partial charge on any atom is -0.426 e. The predicted octanol–water partition coefficient (Wildman–Crippen LogP) is 5.77. The lowest BCUT2D eigenvalue weighted by Gasteiger charge is -2.08. The van der Waals surface area contributed by atoms with E-state index in [0.29, 0.717) is 5.75 Å². The van der Waals surface area contributed by atoms with Crippen LogP contribution in [-0.2, 0) is 11.2 Å². The number of hydrogen-bond donors (Lipinski definition) is 0. The Morgan fingerprint density at radius 3 is 2.32 bits per heavy atom. The molecule has 116 valence electrons. The smallest absolute Gasteiger partial charge is 0.308 e. The van der Waals surface area contributed by atoms with Gasteiger partial charge < -0.3 is 4.74 Å². The van der Waals surface area contributed by atoms with Gasteiger partial charge in [0.2, 0.25) is 0 Å². The fraction of sp³-hybridized carbons (Fsp3) is 0.316. The van der Waals surface area contributed by atoms with Gasteiger partial charge >= 0.3 is 5.97 Å². The van der Waals surface area contributed by atoms with Gasteiger partial charge in [-0.15, -0.1) is 0 Å². The predicted molar refractivity (Wildman–Crippen MR) is 94.1 cm³/mol. The summed E-state index contributed by atoms with van der Waals surface area (Å²) in [5.74, 6) is 0.234. The molecule has 22 heavy (non-hydrogen) atoms. The van der Waals surface area contributed by atoms with Crippen LogP contribution in [0.5, 0.6) is 5.75 Å². The van der Waals surface area contributed by atoms with Crippen molar-refractivity contribution < 1.29 is 9.53 Å². The van der Waals surface area contributed by atoms with Gasteiger partial charge in [0.15, 0.2) is 0 Å². The number of rotatable bonds is 6. The molecule has 0 atom stereocenters. The molecule has 0 radical (unpaired) electrons. The summed E-state index contributed by atoms with van der Waals surface area (Å²) in [6.07, 6.45) is 4.93. The normalized spacial score (nSPS) is 10.5. The van der Waals surface area contributed by atoms with Crippen LogP contribution in [0, 0.1) is 0 Å². The molecular weight excluding hydrogens is 340 g/mol. The van der Waals surface area contributed by atoms with Crippen LogP contribution in [0.3, 0.4) is 0 Å². The number of benzene rings is 2. The Morgan fingerprint density at radius 1 is 1.05 bits per heavy atom. The summed E-state index contributed by atoms with van der Waals surface area (Å²) < 4.78 is 5.91. The third-order valence-corrected chi connectivity index (χ3v) is 4.16. The Morgan fingerprint density at radius 2 is 1.73 bits per heavy atom. The second-order valence-corrected chi connectivity index (χ2v) is 6.25. The number of aryl methyl sites for hydroxylation is 1. The molecule has 2 rings (SSSR count). The van der Waals surface area contributed by atoms with Crippen molar-refractivity contribution in [2.24, 2.45) is 0 Å². The fourth-order valence-corrected chi connectivity index (χ4v) is 2.82. The molecule has 0 saturated heterocycles. The van der Waals surface area contributed by atoms with Crippen molar-refractivity contribution in [3.05, 3.63) is 52.5 Å². The van der Waals surface area contributed by atoms with Crippen molar-refractivity contribution in [1.29, 1.82) is 0 Å². The molecule has 2 aromatic carbocycles. The summed E-state index contributed by atoms with van der Waals surface area (Å²) in [4.78, 5) is 11.0. The fourth-order valence-electron chi connectivity index (χ4n) is 2.36. The van der Waals surface area contributed by atoms with Crippen molar-refractivity contribution in [3.63, 3.8) is 0 Å². The number of carbonyl (C=O) groups is 1. The molecule has 0 aliphatic heterocycles. The van der Waals surface area contributed by atoms with Crippen LogP contribution in [0.4, 0.5) is 0 Å². The molecule has 0 aliphatic rings. The Hall–Kier alpha value is -1.61. The van der Waals surface area contributed by atoms with Gasteiger partial charge in [-0.1, -0.05) is 50.1 Å². The Labute approximate surface area is 140 Å². The summed E-state index contributed by atoms with van der Waals surface area (Å²) in [6.45, 7) is 3.62. The molecule has 0 unspecified atom stereocenters. The third kappa shape index (κ3) is 4.70. The van der Waals surface area contributed by atoms with E-state index in [9.17, 15) is 4.79 Å². The summed E-state index contributed by atoms with van der Waals surface area (Å²) in [5.41, 5.74) is 3.64. The number of ether oxygens (including phenoxy) is 1. The highest BCUT2D eigenvalue weighted by molar-refractivity contribution is 9.10. The zero-order valence-electron chi connectivity index (χ0n) is 13.1. The van der Waals surface area contributed by atoms with E-state index in [-0.39, 0.29) is 5.97 Å². The minimum absolute atomic E-state index is 0.315. The molecule has 0 bridgehead atoms. The van der Waals surface area contributed by atoms with E-state index in [1.165, 1.54) is 31.7 Å². The van der Waals surface area contributed by atoms with Gasteiger partial charge in [0.05, 0.1) is 4.47 Å². The first kappa shape index (κ1) is 16.8. The van der Waals surface area contributed by atoms with Gasteiger partial charge in [-0.25, -0.2) is 0 Å². The van der Waals surface area contributed by atoms with E-state index in [2.05, 4.69) is 47.1 Å². The molecule has 0 heterocycles. The van der Waals surface area contributed by atoms with E-state index in [1.54, 1.807) is 0 Å². The summed E-state index contributed by atoms with van der Waals surface area (Å²) >= 11 is 3.45. The van der Waals surface area contributed by atoms with Crippen LogP contribution in [-0.4, -0.2) is 5.97 Å². The standard InChI is InChI=1S/C19H21BrO2/c1-3-4-5-6-15-7-9-16(10-8-15)17-11-12-19(18(20)13-17)22-14(2)21/h7-13H,3-6H2,1-2H3. The first-order valence-electron chi connectivity index (χ1n) is 7.67. The molecule has 2 aromatic rings. The maximum absolute atomic E-state index is 11.0. The second kappa shape index (κ2) is 8.14. The minimum atomic E-state index is -0.315. The summed E-state index contributed by atoms with van der Waals surface area (Å²) in [5, 5.41) is 0. The topological polar surface area (TPSA) is 26.3 Å². The van der Waals surface area contributed by atoms with Crippen molar-refractivity contribution in [2.75, 3.05) is 0 Å². The third-order valence-electron chi connectivity index (χ3n) is 3.54. The second-order valence-electron chi connectivity index (χ2n) is 5.39. The lowest BCUT2D eigenvalue weighted by atomic mass is 10.0. The molecule has 0 amide bonds. The van der Waals surface area contributed by atoms with E-state index >= 15 is 0 Å². The zero-order chi connectivity index (χ0) is 15.9. The van der Waals surface area contributed by atoms with Gasteiger partial charge in [-0.2, -0.15) is 0 Å². The molecule has 0 spiro atoms. The first-order valence-corrected chi connectivity index (χ1v) is 8.46. The average molecular weight is 361 g/mol. The van der Waals surface area contributed by atoms with Crippen LogP contribution >= 0.6 is 15.9 Å². The number of hydrogen-bond acceptors (Lipinski definition) is 2. The summed E-state index contributed by atoms with van der Waals surface area (Å²) in [7, 11) is 0. The molecule has 0 aromatic heterocycles. The van der Waals surface area contributed by atoms with Gasteiger partial charge in [0.25, 0.3) is 0 Å². The highest BCUT2D eigenvalue weighted by Gasteiger charge is 2.06. The molecule has 0 N–H and O–H groups in total. The molecule has 0 saturated carbocycles. The van der Waals surface area contributed by atoms with Crippen LogP contribution in [0.25, 0.3) is 11.1 Å². The van der Waals surface area contributed by atoms with Gasteiger partial charge in [0, 0.05) is 6.92 Å². The molecule has 2 nitrogen and oxygen atoms in total. The Bertz CT molecular complexity index is 632. The largest absolute Gasteiger partial charge is 0.426 e. The SMILES string of the molecule is CCCCCc1ccc(-c2ccc(OC(C)=O)c(Br)c2)cc1. The van der Waals surface area contributed by atoms with E-state index in [4.69, 9.17) is 4.74 Å². The van der Waals surface area contributed by atoms with E-state index in [0.717, 1.165) is 22.0 Å². The number of halogens is 1. The first-order chi connectivity index (χ1) is 10.6. The van der Waals surface area contributed by atoms with Crippen molar-refractivity contribution in [3.8, 4) is 16.9 Å². The summed E-state index contributed by atoms with van der Waals surface area (Å²) in [6, 6.07) is 14.4. The lowest BCUT2D eigenvalue weighted by Crippen LogP contribution is -2.01. The maximum Gasteiger partial charge on any atom is 0.308 e. The average Bonchev–Trinajstić information content (AvgIpc) is 2.50. The van der Waals surface area contributed by atoms with Crippen LogP contribution in [0.2, 0.25) is 0 Å². The Kier molecular flexibility index (Phi) is 6.20. The number of carbonyl (C=O) groups excluding carboxylic acids is 1. The van der Waals surface area contributed by atoms with Gasteiger partial charge in [0.1, 0.15) is 5.75 Å². The molecule has 3 heteroatoms. The van der Waals surface area contributed by atoms with Crippen LogP contribution < -0.4 is 4.74 Å². The van der Waals surface area contributed by atoms with Crippen molar-refractivity contribution >= 4 is 21.9 Å². The zero-order valence-corrected chi connectivity index (χ0v) is 14.7. The number of esters is 1. The van der Waals surface area contributed by atoms with Gasteiger partial charge in [-0.3, -0.25) is 4.79 Å². The highest BCUT2D eigenvalue weighted by atomic mass is 79.9. The van der Waals surface area contributed by atoms with E-state index in [1.807, 2.05) is 18.2 Å². The van der Waals surface area contributed by atoms with Crippen molar-refractivity contribution in [2.45, 2.75) is 39.5 Å². The van der Waals surface area contributed by atoms with Crippen molar-refractivity contribution in [1.82, 2.24) is 0 Å². The molecule has 0 aliphatic carbocycles. The quantitative estimate of drug-likeness (QED) is 0.371. The lowest BCUT2D eigenvalue weighted by molar-refractivity contribution is -0.131. The monoisotopic (exact) mass is 360 g/mol. The maximum atomic E-state index is 11.0. The Balaban J connectivity index is 2.11.